The molecule has 2 heterocycles. The zero-order valence-electron chi connectivity index (χ0n) is 12.9. The van der Waals surface area contributed by atoms with Crippen LogP contribution in [-0.2, 0) is 4.84 Å². The van der Waals surface area contributed by atoms with E-state index in [0.717, 1.165) is 30.5 Å². The average molecular weight is 359 g/mol. The van der Waals surface area contributed by atoms with Crippen molar-refractivity contribution in [2.24, 2.45) is 11.1 Å². The number of allylic oxidation sites excluding steroid dienone is 3. The molecule has 23 heavy (non-hydrogen) atoms. The molecule has 0 N–H and O–H groups in total. The first-order chi connectivity index (χ1) is 10.9. The topological polar surface area (TPSA) is 24.8 Å². The molecule has 0 radical (unpaired) electrons. The van der Waals surface area contributed by atoms with E-state index >= 15 is 0 Å². The van der Waals surface area contributed by atoms with E-state index in [4.69, 9.17) is 16.4 Å². The van der Waals surface area contributed by atoms with Crippen LogP contribution in [0.2, 0.25) is 0 Å². The van der Waals surface area contributed by atoms with Crippen LogP contribution in [0.5, 0.6) is 0 Å². The third-order valence-electron chi connectivity index (χ3n) is 4.33. The fourth-order valence-electron chi connectivity index (χ4n) is 3.13. The number of oxime groups is 1. The van der Waals surface area contributed by atoms with Gasteiger partial charge < -0.3 is 4.84 Å². The van der Waals surface area contributed by atoms with Crippen LogP contribution >= 0.6 is 19.8 Å². The predicted molar refractivity (Wildman–Crippen MR) is 90.9 cm³/mol. The Bertz CT molecular complexity index is 654. The second-order valence-electron chi connectivity index (χ2n) is 5.95. The number of alkyl halides is 2. The second-order valence-corrected chi connectivity index (χ2v) is 7.45. The highest BCUT2D eigenvalue weighted by Crippen LogP contribution is 2.42. The molecule has 0 spiro atoms. The van der Waals surface area contributed by atoms with Gasteiger partial charge in [-0.25, -0.2) is 8.78 Å². The predicted octanol–water partition coefficient (Wildman–Crippen LogP) is 5.09. The number of amidine groups is 1. The van der Waals surface area contributed by atoms with E-state index in [-0.39, 0.29) is 18.8 Å². The number of rotatable bonds is 3. The summed E-state index contributed by atoms with van der Waals surface area (Å²) in [6.45, 7) is 6.20. The standard InChI is InChI=1S/C16H18ClF2N2OP/c1-3-12(17)11-9-21-14(7-10-5-6-16(18,19)8-10)20-22-15(21)23-13(11)4-2/h3-4,10H,1,5-9H2,2H3/b12-11+,13-4+. The third-order valence-corrected chi connectivity index (χ3v) is 6.00. The van der Waals surface area contributed by atoms with Crippen molar-refractivity contribution in [1.82, 2.24) is 4.90 Å². The molecule has 0 amide bonds. The average Bonchev–Trinajstić information content (AvgIpc) is 3.08. The smallest absolute Gasteiger partial charge is 0.257 e. The highest BCUT2D eigenvalue weighted by molar-refractivity contribution is 7.45. The number of nitrogens with zero attached hydrogens (tertiary/aromatic N) is 2. The lowest BCUT2D eigenvalue weighted by Crippen LogP contribution is -2.36. The summed E-state index contributed by atoms with van der Waals surface area (Å²) >= 11 is 6.26. The Kier molecular flexibility index (Phi) is 4.61. The Balaban J connectivity index is 1.79. The van der Waals surface area contributed by atoms with Crippen LogP contribution in [0, 0.1) is 5.92 Å². The van der Waals surface area contributed by atoms with Crippen LogP contribution in [0.15, 0.2) is 39.8 Å². The van der Waals surface area contributed by atoms with Gasteiger partial charge >= 0.3 is 0 Å². The second kappa shape index (κ2) is 6.37. The van der Waals surface area contributed by atoms with E-state index < -0.39 is 5.92 Å². The molecule has 1 atom stereocenters. The molecule has 0 saturated heterocycles. The van der Waals surface area contributed by atoms with Gasteiger partial charge in [-0.3, -0.25) is 4.90 Å². The van der Waals surface area contributed by atoms with E-state index in [1.165, 1.54) is 0 Å². The molecular formula is C16H18ClF2N2OP. The summed E-state index contributed by atoms with van der Waals surface area (Å²) in [4.78, 5) is 7.37. The number of halogens is 3. The fraction of sp³-hybridized carbons (Fsp3) is 0.500. The number of fused-ring (bicyclic) bond motifs is 1. The molecule has 2 aliphatic heterocycles. The molecule has 1 aliphatic carbocycles. The van der Waals surface area contributed by atoms with Crippen molar-refractivity contribution in [2.45, 2.75) is 38.5 Å². The van der Waals surface area contributed by atoms with Gasteiger partial charge in [0.25, 0.3) is 5.60 Å². The molecule has 1 saturated carbocycles. The monoisotopic (exact) mass is 358 g/mol. The first kappa shape index (κ1) is 16.7. The molecule has 3 aliphatic rings. The maximum Gasteiger partial charge on any atom is 0.257 e. The zero-order chi connectivity index (χ0) is 16.6. The SMILES string of the molecule is C=C/C(Cl)=C1/CN2C(CC3CCC(F)(F)C3)=NOC2=P/C1=C/C. The summed E-state index contributed by atoms with van der Waals surface area (Å²) < 4.78 is 26.8. The third kappa shape index (κ3) is 3.36. The Morgan fingerprint density at radius 3 is 3.00 bits per heavy atom. The van der Waals surface area contributed by atoms with Crippen LogP contribution in [0.1, 0.15) is 32.6 Å². The van der Waals surface area contributed by atoms with Gasteiger partial charge in [0.05, 0.1) is 6.54 Å². The zero-order valence-corrected chi connectivity index (χ0v) is 14.5. The number of hydrogen-bond acceptors (Lipinski definition) is 3. The molecule has 3 nitrogen and oxygen atoms in total. The first-order valence-corrected chi connectivity index (χ1v) is 8.86. The van der Waals surface area contributed by atoms with Crippen molar-refractivity contribution < 1.29 is 13.6 Å². The summed E-state index contributed by atoms with van der Waals surface area (Å²) in [6, 6.07) is 0. The summed E-state index contributed by atoms with van der Waals surface area (Å²) in [5.41, 5.74) is 1.69. The van der Waals surface area contributed by atoms with Gasteiger partial charge in [-0.2, -0.15) is 0 Å². The minimum absolute atomic E-state index is 0.0310. The van der Waals surface area contributed by atoms with Crippen LogP contribution in [-0.4, -0.2) is 28.8 Å². The van der Waals surface area contributed by atoms with E-state index in [1.54, 1.807) is 6.08 Å². The normalized spacial score (nSPS) is 30.5. The minimum atomic E-state index is -2.54. The fourth-order valence-corrected chi connectivity index (χ4v) is 4.41. The molecule has 0 bridgehead atoms. The quantitative estimate of drug-likeness (QED) is 0.657. The molecule has 3 rings (SSSR count). The van der Waals surface area contributed by atoms with Gasteiger partial charge in [-0.1, -0.05) is 35.5 Å². The highest BCUT2D eigenvalue weighted by atomic mass is 35.5. The van der Waals surface area contributed by atoms with E-state index in [2.05, 4.69) is 11.7 Å². The van der Waals surface area contributed by atoms with E-state index in [9.17, 15) is 8.78 Å². The van der Waals surface area contributed by atoms with Crippen molar-refractivity contribution in [3.05, 3.63) is 34.7 Å². The Morgan fingerprint density at radius 2 is 2.39 bits per heavy atom. The van der Waals surface area contributed by atoms with Gasteiger partial charge in [0, 0.05) is 43.4 Å². The van der Waals surface area contributed by atoms with Crippen molar-refractivity contribution in [3.8, 4) is 0 Å². The first-order valence-electron chi connectivity index (χ1n) is 7.59. The molecule has 0 aromatic rings. The van der Waals surface area contributed by atoms with Gasteiger partial charge in [-0.05, 0) is 19.3 Å². The van der Waals surface area contributed by atoms with E-state index in [1.807, 2.05) is 17.9 Å². The lowest BCUT2D eigenvalue weighted by atomic mass is 10.0. The van der Waals surface area contributed by atoms with E-state index in [0.29, 0.717) is 24.4 Å². The molecule has 0 aromatic heterocycles. The Morgan fingerprint density at radius 1 is 1.61 bits per heavy atom. The van der Waals surface area contributed by atoms with Crippen molar-refractivity contribution in [3.63, 3.8) is 0 Å². The molecule has 7 heteroatoms. The van der Waals surface area contributed by atoms with Gasteiger partial charge in [-0.15, -0.1) is 0 Å². The summed E-state index contributed by atoms with van der Waals surface area (Å²) in [6.07, 6.45) is 4.56. The van der Waals surface area contributed by atoms with Crippen molar-refractivity contribution in [1.29, 1.82) is 0 Å². The van der Waals surface area contributed by atoms with Gasteiger partial charge in [0.2, 0.25) is 5.92 Å². The Labute approximate surface area is 141 Å². The van der Waals surface area contributed by atoms with Crippen LogP contribution in [0.25, 0.3) is 0 Å². The Hall–Kier alpha value is -1.19. The molecule has 1 fully saturated rings. The van der Waals surface area contributed by atoms with Gasteiger partial charge in [0.15, 0.2) is 5.84 Å². The highest BCUT2D eigenvalue weighted by Gasteiger charge is 2.41. The van der Waals surface area contributed by atoms with Crippen molar-refractivity contribution >= 4 is 31.2 Å². The molecule has 124 valence electrons. The summed E-state index contributed by atoms with van der Waals surface area (Å²) in [7, 11) is 0.882. The van der Waals surface area contributed by atoms with Crippen molar-refractivity contribution in [2.75, 3.05) is 6.54 Å². The summed E-state index contributed by atoms with van der Waals surface area (Å²) in [5, 5.41) is 5.78. The van der Waals surface area contributed by atoms with Crippen LogP contribution in [0.4, 0.5) is 8.78 Å². The van der Waals surface area contributed by atoms with Crippen LogP contribution in [0.3, 0.4) is 0 Å². The minimum Gasteiger partial charge on any atom is -0.332 e. The van der Waals surface area contributed by atoms with Gasteiger partial charge in [0.1, 0.15) is 0 Å². The summed E-state index contributed by atoms with van der Waals surface area (Å²) in [5.74, 6) is -1.86. The largest absolute Gasteiger partial charge is 0.332 e. The maximum atomic E-state index is 13.4. The maximum absolute atomic E-state index is 13.4. The number of hydrogen-bond donors (Lipinski definition) is 0. The lowest BCUT2D eigenvalue weighted by Gasteiger charge is -2.26. The molecular weight excluding hydrogens is 341 g/mol. The molecule has 1 unspecified atom stereocenters. The molecule has 0 aromatic carbocycles. The lowest BCUT2D eigenvalue weighted by molar-refractivity contribution is 0.00529. The van der Waals surface area contributed by atoms with Crippen LogP contribution < -0.4 is 0 Å².